The number of carboxylic acids is 1. The lowest BCUT2D eigenvalue weighted by molar-refractivity contribution is -0.143. The predicted molar refractivity (Wildman–Crippen MR) is 113 cm³/mol. The van der Waals surface area contributed by atoms with Crippen molar-refractivity contribution in [3.63, 3.8) is 0 Å². The van der Waals surface area contributed by atoms with Crippen molar-refractivity contribution >= 4 is 41.1 Å². The highest BCUT2D eigenvalue weighted by molar-refractivity contribution is 8.07. The third-order valence-corrected chi connectivity index (χ3v) is 8.58. The summed E-state index contributed by atoms with van der Waals surface area (Å²) in [6.07, 6.45) is 3.79. The first-order valence-electron chi connectivity index (χ1n) is 9.74. The van der Waals surface area contributed by atoms with E-state index in [1.54, 1.807) is 12.5 Å². The Morgan fingerprint density at radius 1 is 1.23 bits per heavy atom. The molecule has 2 fully saturated rings. The van der Waals surface area contributed by atoms with Crippen LogP contribution in [0, 0.1) is 23.2 Å². The van der Waals surface area contributed by atoms with Gasteiger partial charge in [-0.2, -0.15) is 5.26 Å². The van der Waals surface area contributed by atoms with Crippen molar-refractivity contribution in [3.8, 4) is 6.07 Å². The third-order valence-electron chi connectivity index (χ3n) is 6.85. The first kappa shape index (κ1) is 21.6. The van der Waals surface area contributed by atoms with Crippen molar-refractivity contribution in [1.82, 2.24) is 10.2 Å². The van der Waals surface area contributed by atoms with Crippen LogP contribution in [0.15, 0.2) is 21.0 Å². The summed E-state index contributed by atoms with van der Waals surface area (Å²) in [7, 11) is 0. The Bertz CT molecular complexity index is 939. The quantitative estimate of drug-likeness (QED) is 0.518. The molecule has 1 aliphatic carbocycles. The van der Waals surface area contributed by atoms with Crippen LogP contribution in [0.4, 0.5) is 0 Å². The highest BCUT2D eigenvalue weighted by atomic mass is 32.2. The summed E-state index contributed by atoms with van der Waals surface area (Å²) in [4.78, 5) is 41.3. The number of nitriles is 1. The highest BCUT2D eigenvalue weighted by Gasteiger charge is 2.61. The second-order valence-corrected chi connectivity index (χ2v) is 9.66. The molecule has 2 bridgehead atoms. The van der Waals surface area contributed by atoms with E-state index in [1.165, 1.54) is 23.5 Å². The van der Waals surface area contributed by atoms with Gasteiger partial charge in [0.15, 0.2) is 11.6 Å². The number of ketones is 2. The van der Waals surface area contributed by atoms with Crippen LogP contribution in [0.25, 0.3) is 0 Å². The van der Waals surface area contributed by atoms with Crippen LogP contribution in [-0.4, -0.2) is 82.0 Å². The topological polar surface area (TPSA) is 131 Å². The van der Waals surface area contributed by atoms with Crippen molar-refractivity contribution in [2.75, 3.05) is 19.1 Å². The van der Waals surface area contributed by atoms with Gasteiger partial charge in [0.1, 0.15) is 6.04 Å². The Kier molecular flexibility index (Phi) is 5.61. The molecule has 0 amide bonds. The van der Waals surface area contributed by atoms with Crippen LogP contribution in [0.2, 0.25) is 0 Å². The number of carbonyl (C=O) groups excluding carboxylic acids is 2. The van der Waals surface area contributed by atoms with Gasteiger partial charge < -0.3 is 15.5 Å². The lowest BCUT2D eigenvalue weighted by atomic mass is 9.71. The molecule has 0 aromatic rings. The molecule has 4 aliphatic rings. The molecule has 3 heterocycles. The maximum atomic E-state index is 13.4. The van der Waals surface area contributed by atoms with E-state index in [0.29, 0.717) is 21.8 Å². The number of carbonyl (C=O) groups is 3. The number of allylic oxidation sites excluding steroid dienone is 2. The van der Waals surface area contributed by atoms with E-state index >= 15 is 0 Å². The molecule has 3 N–H and O–H groups in total. The summed E-state index contributed by atoms with van der Waals surface area (Å²) in [6.45, 7) is 1.40. The maximum absolute atomic E-state index is 13.4. The standard InChI is InChI=1S/C20H23N3O5S2/c1-7-12-13(17(26)19(30-3)18(29-2)16(12)25)11(6-24)23-10(5-21)9-4-8(20(27)28)14(22-9)15(7)23/h7-11,14-15,22,24H,4,6H2,1-3H3,(H,27,28)/t7?,8-,9+,10?,11+,14-,15+/m1/s1. The summed E-state index contributed by atoms with van der Waals surface area (Å²) < 4.78 is 0. The van der Waals surface area contributed by atoms with Gasteiger partial charge in [0.05, 0.1) is 34.4 Å². The van der Waals surface area contributed by atoms with E-state index < -0.39 is 48.6 Å². The second kappa shape index (κ2) is 7.80. The zero-order valence-electron chi connectivity index (χ0n) is 16.8. The predicted octanol–water partition coefficient (Wildman–Crippen LogP) is 0.391. The first-order chi connectivity index (χ1) is 14.3. The fourth-order valence-electron chi connectivity index (χ4n) is 5.72. The molecule has 0 saturated carbocycles. The number of aliphatic hydroxyl groups is 1. The molecule has 10 heteroatoms. The highest BCUT2D eigenvalue weighted by Crippen LogP contribution is 2.49. The van der Waals surface area contributed by atoms with Gasteiger partial charge in [-0.3, -0.25) is 19.3 Å². The lowest BCUT2D eigenvalue weighted by Gasteiger charge is -2.54. The van der Waals surface area contributed by atoms with Gasteiger partial charge in [0.2, 0.25) is 0 Å². The normalized spacial score (nSPS) is 38.4. The number of aliphatic carboxylic acids is 1. The van der Waals surface area contributed by atoms with Crippen LogP contribution >= 0.6 is 23.5 Å². The molecule has 3 aliphatic heterocycles. The van der Waals surface area contributed by atoms with Crippen molar-refractivity contribution in [3.05, 3.63) is 21.0 Å². The number of nitrogens with zero attached hydrogens (tertiary/aromatic N) is 2. The molecule has 4 rings (SSSR count). The van der Waals surface area contributed by atoms with E-state index in [2.05, 4.69) is 11.4 Å². The van der Waals surface area contributed by atoms with Crippen LogP contribution < -0.4 is 5.32 Å². The Morgan fingerprint density at radius 3 is 2.33 bits per heavy atom. The van der Waals surface area contributed by atoms with E-state index in [0.717, 1.165) is 0 Å². The number of piperazine rings is 1. The fourth-order valence-corrected chi connectivity index (χ4v) is 7.37. The minimum Gasteiger partial charge on any atom is -0.481 e. The molecular weight excluding hydrogens is 426 g/mol. The molecule has 2 unspecified atom stereocenters. The van der Waals surface area contributed by atoms with Crippen molar-refractivity contribution in [2.24, 2.45) is 11.8 Å². The SMILES string of the molecule is CSC1=C(SC)C(=O)C2=C(C1=O)C(C)[C@H]1[C@@H]3N[C@@H](C[C@H]3C(=O)O)C(C#N)N1[C@H]2CO. The molecule has 160 valence electrons. The number of nitrogens with one attached hydrogen (secondary N) is 1. The second-order valence-electron chi connectivity index (χ2n) is 8.03. The number of aliphatic hydroxyl groups excluding tert-OH is 1. The van der Waals surface area contributed by atoms with Crippen LogP contribution in [-0.2, 0) is 14.4 Å². The zero-order chi connectivity index (χ0) is 21.9. The minimum absolute atomic E-state index is 0.229. The molecule has 0 aromatic heterocycles. The van der Waals surface area contributed by atoms with Gasteiger partial charge in [-0.15, -0.1) is 23.5 Å². The average molecular weight is 450 g/mol. The molecule has 7 atom stereocenters. The number of hydrogen-bond donors (Lipinski definition) is 3. The van der Waals surface area contributed by atoms with Gasteiger partial charge in [0, 0.05) is 35.2 Å². The van der Waals surface area contributed by atoms with Crippen LogP contribution in [0.3, 0.4) is 0 Å². The Balaban J connectivity index is 1.91. The Morgan fingerprint density at radius 2 is 1.83 bits per heavy atom. The lowest BCUT2D eigenvalue weighted by Crippen LogP contribution is -2.71. The van der Waals surface area contributed by atoms with Crippen molar-refractivity contribution in [2.45, 2.75) is 43.6 Å². The van der Waals surface area contributed by atoms with E-state index in [9.17, 15) is 29.9 Å². The molecule has 2 saturated heterocycles. The number of Topliss-reactive ketones (excluding diaryl/α,β-unsaturated/α-hetero) is 2. The summed E-state index contributed by atoms with van der Waals surface area (Å²) in [5.41, 5.74) is 0.622. The van der Waals surface area contributed by atoms with Gasteiger partial charge in [-0.1, -0.05) is 6.92 Å². The van der Waals surface area contributed by atoms with Crippen molar-refractivity contribution in [1.29, 1.82) is 5.26 Å². The zero-order valence-corrected chi connectivity index (χ0v) is 18.4. The number of fused-ring (bicyclic) bond motifs is 4. The van der Waals surface area contributed by atoms with Gasteiger partial charge in [0.25, 0.3) is 0 Å². The van der Waals surface area contributed by atoms with Gasteiger partial charge in [-0.25, -0.2) is 0 Å². The Hall–Kier alpha value is -1.64. The van der Waals surface area contributed by atoms with Crippen LogP contribution in [0.5, 0.6) is 0 Å². The van der Waals surface area contributed by atoms with E-state index in [1.807, 2.05) is 11.8 Å². The fraction of sp³-hybridized carbons (Fsp3) is 0.600. The van der Waals surface area contributed by atoms with Crippen molar-refractivity contribution < 1.29 is 24.6 Å². The number of hydrogen-bond acceptors (Lipinski definition) is 9. The number of thioether (sulfide) groups is 2. The molecule has 0 aromatic carbocycles. The summed E-state index contributed by atoms with van der Waals surface area (Å²) in [5, 5.41) is 33.3. The van der Waals surface area contributed by atoms with Crippen LogP contribution in [0.1, 0.15) is 13.3 Å². The third kappa shape index (κ3) is 2.76. The summed E-state index contributed by atoms with van der Waals surface area (Å²) >= 11 is 2.44. The average Bonchev–Trinajstić information content (AvgIpc) is 3.10. The first-order valence-corrected chi connectivity index (χ1v) is 12.2. The van der Waals surface area contributed by atoms with E-state index in [4.69, 9.17) is 0 Å². The molecule has 0 spiro atoms. The minimum atomic E-state index is -0.943. The molecule has 8 nitrogen and oxygen atoms in total. The molecule has 0 radical (unpaired) electrons. The van der Waals surface area contributed by atoms with E-state index in [-0.39, 0.29) is 23.2 Å². The molecule has 30 heavy (non-hydrogen) atoms. The number of carboxylic acid groups (broad SMARTS) is 1. The van der Waals surface area contributed by atoms with Gasteiger partial charge in [-0.05, 0) is 18.9 Å². The largest absolute Gasteiger partial charge is 0.481 e. The monoisotopic (exact) mass is 449 g/mol. The summed E-state index contributed by atoms with van der Waals surface area (Å²) in [6, 6.07) is -0.574. The summed E-state index contributed by atoms with van der Waals surface area (Å²) in [5.74, 6) is -2.60. The van der Waals surface area contributed by atoms with Gasteiger partial charge >= 0.3 is 5.97 Å². The maximum Gasteiger partial charge on any atom is 0.308 e. The number of rotatable bonds is 4. The Labute approximate surface area is 182 Å². The molecular formula is C20H23N3O5S2. The smallest absolute Gasteiger partial charge is 0.308 e.